The van der Waals surface area contributed by atoms with Crippen molar-refractivity contribution in [3.05, 3.63) is 11.7 Å². The Morgan fingerprint density at radius 3 is 2.75 bits per heavy atom. The minimum atomic E-state index is -4.51. The zero-order valence-electron chi connectivity index (χ0n) is 13.3. The van der Waals surface area contributed by atoms with E-state index in [0.717, 1.165) is 19.8 Å². The fourth-order valence-electron chi connectivity index (χ4n) is 2.61. The summed E-state index contributed by atoms with van der Waals surface area (Å²) in [6, 6.07) is -3.49. The first kappa shape index (κ1) is 17.0. The zero-order valence-corrected chi connectivity index (χ0v) is 13.3. The number of carbonyl (C=O) groups is 1. The molecule has 1 aliphatic heterocycles. The molecule has 0 aromatic carbocycles. The van der Waals surface area contributed by atoms with Gasteiger partial charge in [-0.05, 0) is 26.7 Å². The van der Waals surface area contributed by atoms with Crippen LogP contribution in [0.4, 0.5) is 18.0 Å². The lowest BCUT2D eigenvalue weighted by Gasteiger charge is -2.38. The Labute approximate surface area is 136 Å². The van der Waals surface area contributed by atoms with Gasteiger partial charge in [-0.25, -0.2) is 4.79 Å². The zero-order chi connectivity index (χ0) is 17.5. The average Bonchev–Trinajstić information content (AvgIpc) is 3.24. The molecule has 2 heterocycles. The van der Waals surface area contributed by atoms with E-state index in [9.17, 15) is 18.0 Å². The van der Waals surface area contributed by atoms with E-state index in [0.29, 0.717) is 5.82 Å². The Bertz CT molecular complexity index is 602. The monoisotopic (exact) mass is 348 g/mol. The third kappa shape index (κ3) is 3.47. The summed E-state index contributed by atoms with van der Waals surface area (Å²) in [5.74, 6) is 1.04. The first-order valence-corrected chi connectivity index (χ1v) is 7.86. The van der Waals surface area contributed by atoms with Crippen molar-refractivity contribution in [2.24, 2.45) is 0 Å². The van der Waals surface area contributed by atoms with Crippen LogP contribution in [0.25, 0.3) is 0 Å². The fraction of sp³-hybridized carbons (Fsp3) is 0.786. The van der Waals surface area contributed by atoms with Crippen LogP contribution in [-0.2, 0) is 4.74 Å². The Morgan fingerprint density at radius 2 is 2.12 bits per heavy atom. The molecule has 2 fully saturated rings. The molecule has 1 N–H and O–H groups in total. The standard InChI is InChI=1S/C14H19F3N4O3/c1-7-10(12-19-11(20-24-12)9-3-4-9)21(5-6-23-7)13(22)18-8(2)14(15,16)17/h7-10H,3-6H2,1-2H3,(H,18,22)/t7-,8+,10+/m1/s1. The van der Waals surface area contributed by atoms with Gasteiger partial charge in [0, 0.05) is 12.5 Å². The summed E-state index contributed by atoms with van der Waals surface area (Å²) in [7, 11) is 0. The molecule has 24 heavy (non-hydrogen) atoms. The number of hydrogen-bond donors (Lipinski definition) is 1. The van der Waals surface area contributed by atoms with E-state index < -0.39 is 30.4 Å². The van der Waals surface area contributed by atoms with Gasteiger partial charge in [0.15, 0.2) is 5.82 Å². The summed E-state index contributed by atoms with van der Waals surface area (Å²) >= 11 is 0. The predicted octanol–water partition coefficient (Wildman–Crippen LogP) is 2.37. The van der Waals surface area contributed by atoms with Crippen molar-refractivity contribution < 1.29 is 27.2 Å². The number of nitrogens with one attached hydrogen (secondary N) is 1. The SMILES string of the molecule is C[C@H](NC(=O)N1CCO[C@H](C)[C@H]1c1nc(C2CC2)no1)C(F)(F)F. The van der Waals surface area contributed by atoms with Gasteiger partial charge in [0.25, 0.3) is 5.89 Å². The molecule has 0 bridgehead atoms. The molecule has 1 aromatic heterocycles. The molecule has 0 spiro atoms. The first-order chi connectivity index (χ1) is 11.3. The van der Waals surface area contributed by atoms with Gasteiger partial charge in [0.05, 0.1) is 12.7 Å². The van der Waals surface area contributed by atoms with Gasteiger partial charge in [0.1, 0.15) is 12.1 Å². The molecule has 0 radical (unpaired) electrons. The molecule has 3 atom stereocenters. The van der Waals surface area contributed by atoms with Crippen LogP contribution in [0.5, 0.6) is 0 Å². The number of nitrogens with zero attached hydrogens (tertiary/aromatic N) is 3. The van der Waals surface area contributed by atoms with Gasteiger partial charge in [-0.2, -0.15) is 18.2 Å². The molecule has 10 heteroatoms. The number of rotatable bonds is 3. The van der Waals surface area contributed by atoms with Crippen LogP contribution in [0, 0.1) is 0 Å². The smallest absolute Gasteiger partial charge is 0.374 e. The molecular weight excluding hydrogens is 329 g/mol. The number of urea groups is 1. The maximum atomic E-state index is 12.7. The van der Waals surface area contributed by atoms with E-state index in [4.69, 9.17) is 9.26 Å². The van der Waals surface area contributed by atoms with E-state index >= 15 is 0 Å². The Hall–Kier alpha value is -1.84. The third-order valence-corrected chi connectivity index (χ3v) is 4.24. The van der Waals surface area contributed by atoms with Gasteiger partial charge in [-0.3, -0.25) is 0 Å². The van der Waals surface area contributed by atoms with Crippen molar-refractivity contribution in [2.75, 3.05) is 13.2 Å². The van der Waals surface area contributed by atoms with E-state index in [2.05, 4.69) is 10.1 Å². The van der Waals surface area contributed by atoms with Gasteiger partial charge in [-0.1, -0.05) is 5.16 Å². The van der Waals surface area contributed by atoms with E-state index in [1.54, 1.807) is 6.92 Å². The Morgan fingerprint density at radius 1 is 1.42 bits per heavy atom. The summed E-state index contributed by atoms with van der Waals surface area (Å²) in [4.78, 5) is 17.9. The second-order valence-corrected chi connectivity index (χ2v) is 6.19. The molecule has 1 aliphatic carbocycles. The van der Waals surface area contributed by atoms with Gasteiger partial charge < -0.3 is 19.5 Å². The molecule has 1 aromatic rings. The summed E-state index contributed by atoms with van der Waals surface area (Å²) in [5, 5.41) is 5.87. The summed E-state index contributed by atoms with van der Waals surface area (Å²) in [6.45, 7) is 2.99. The summed E-state index contributed by atoms with van der Waals surface area (Å²) in [5.41, 5.74) is 0. The highest BCUT2D eigenvalue weighted by atomic mass is 19.4. The number of carbonyl (C=O) groups excluding carboxylic acids is 1. The van der Waals surface area contributed by atoms with Crippen molar-refractivity contribution in [3.63, 3.8) is 0 Å². The van der Waals surface area contributed by atoms with Crippen LogP contribution in [0.15, 0.2) is 4.52 Å². The summed E-state index contributed by atoms with van der Waals surface area (Å²) < 4.78 is 48.8. The van der Waals surface area contributed by atoms with Crippen LogP contribution in [0.2, 0.25) is 0 Å². The number of morpholine rings is 1. The number of aromatic nitrogens is 2. The van der Waals surface area contributed by atoms with E-state index in [1.165, 1.54) is 4.90 Å². The minimum Gasteiger partial charge on any atom is -0.374 e. The normalized spacial score (nSPS) is 26.3. The highest BCUT2D eigenvalue weighted by Crippen LogP contribution is 2.39. The Balaban J connectivity index is 1.77. The van der Waals surface area contributed by atoms with Crippen molar-refractivity contribution in [1.29, 1.82) is 0 Å². The van der Waals surface area contributed by atoms with Gasteiger partial charge in [-0.15, -0.1) is 0 Å². The van der Waals surface area contributed by atoms with Crippen LogP contribution in [-0.4, -0.2) is 52.5 Å². The summed E-state index contributed by atoms with van der Waals surface area (Å²) in [6.07, 6.45) is -2.99. The maximum absolute atomic E-state index is 12.7. The van der Waals surface area contributed by atoms with E-state index in [-0.39, 0.29) is 25.0 Å². The second-order valence-electron chi connectivity index (χ2n) is 6.19. The van der Waals surface area contributed by atoms with Crippen LogP contribution in [0.1, 0.15) is 50.4 Å². The molecule has 134 valence electrons. The second kappa shape index (κ2) is 6.23. The fourth-order valence-corrected chi connectivity index (χ4v) is 2.61. The molecule has 0 unspecified atom stereocenters. The number of hydrogen-bond acceptors (Lipinski definition) is 5. The van der Waals surface area contributed by atoms with Crippen molar-refractivity contribution in [3.8, 4) is 0 Å². The minimum absolute atomic E-state index is 0.145. The quantitative estimate of drug-likeness (QED) is 0.907. The van der Waals surface area contributed by atoms with E-state index in [1.807, 2.05) is 5.32 Å². The highest BCUT2D eigenvalue weighted by Gasteiger charge is 2.42. The largest absolute Gasteiger partial charge is 0.408 e. The van der Waals surface area contributed by atoms with Crippen molar-refractivity contribution in [2.45, 2.75) is 57.0 Å². The molecule has 1 saturated heterocycles. The van der Waals surface area contributed by atoms with Crippen LogP contribution >= 0.6 is 0 Å². The molecule has 2 aliphatic rings. The number of amides is 2. The van der Waals surface area contributed by atoms with Crippen LogP contribution in [0.3, 0.4) is 0 Å². The lowest BCUT2D eigenvalue weighted by molar-refractivity contribution is -0.150. The first-order valence-electron chi connectivity index (χ1n) is 7.86. The molecule has 2 amide bonds. The molecule has 7 nitrogen and oxygen atoms in total. The number of alkyl halides is 3. The molecular formula is C14H19F3N4O3. The lowest BCUT2D eigenvalue weighted by atomic mass is 10.1. The number of halogens is 3. The molecule has 1 saturated carbocycles. The van der Waals surface area contributed by atoms with Crippen molar-refractivity contribution >= 4 is 6.03 Å². The number of ether oxygens (including phenoxy) is 1. The third-order valence-electron chi connectivity index (χ3n) is 4.24. The van der Waals surface area contributed by atoms with Gasteiger partial charge >= 0.3 is 12.2 Å². The average molecular weight is 348 g/mol. The highest BCUT2D eigenvalue weighted by molar-refractivity contribution is 5.75. The van der Waals surface area contributed by atoms with Gasteiger partial charge in [0.2, 0.25) is 0 Å². The van der Waals surface area contributed by atoms with Crippen LogP contribution < -0.4 is 5.32 Å². The maximum Gasteiger partial charge on any atom is 0.408 e. The topological polar surface area (TPSA) is 80.5 Å². The lowest BCUT2D eigenvalue weighted by Crippen LogP contribution is -2.54. The Kier molecular flexibility index (Phi) is 4.41. The predicted molar refractivity (Wildman–Crippen MR) is 75.2 cm³/mol. The van der Waals surface area contributed by atoms with Crippen molar-refractivity contribution in [1.82, 2.24) is 20.4 Å². The molecule has 3 rings (SSSR count).